The third-order valence-electron chi connectivity index (χ3n) is 6.66. The molecule has 148 valence electrons. The van der Waals surface area contributed by atoms with Gasteiger partial charge in [-0.1, -0.05) is 24.3 Å². The summed E-state index contributed by atoms with van der Waals surface area (Å²) in [5, 5.41) is 9.51. The van der Waals surface area contributed by atoms with E-state index in [0.717, 1.165) is 44.4 Å². The monoisotopic (exact) mass is 369 g/mol. The Morgan fingerprint density at radius 1 is 1.44 bits per heavy atom. The molecule has 4 nitrogen and oxygen atoms in total. The van der Waals surface area contributed by atoms with Crippen molar-refractivity contribution in [2.75, 3.05) is 6.61 Å². The van der Waals surface area contributed by atoms with Crippen LogP contribution >= 0.6 is 0 Å². The molecule has 2 aliphatic rings. The maximum Gasteiger partial charge on any atom is 0.0945 e. The second-order valence-electron chi connectivity index (χ2n) is 8.66. The van der Waals surface area contributed by atoms with Crippen LogP contribution in [0.4, 0.5) is 0 Å². The molecule has 0 saturated heterocycles. The number of allylic oxidation sites excluding steroid dienone is 5. The highest BCUT2D eigenvalue weighted by Gasteiger charge is 2.36. The van der Waals surface area contributed by atoms with Crippen LogP contribution < -0.4 is 5.73 Å². The van der Waals surface area contributed by atoms with Gasteiger partial charge in [0.1, 0.15) is 0 Å². The van der Waals surface area contributed by atoms with Crippen molar-refractivity contribution in [3.05, 3.63) is 53.7 Å². The molecule has 2 fully saturated rings. The van der Waals surface area contributed by atoms with E-state index in [0.29, 0.717) is 5.92 Å². The molecule has 2 saturated carbocycles. The van der Waals surface area contributed by atoms with Crippen molar-refractivity contribution in [3.8, 4) is 0 Å². The molecular weight excluding hydrogens is 334 g/mol. The lowest BCUT2D eigenvalue weighted by Crippen LogP contribution is -2.40. The molecule has 3 atom stereocenters. The molecule has 0 amide bonds. The minimum atomic E-state index is -0.404. The fraction of sp³-hybridized carbons (Fsp3) is 0.609. The van der Waals surface area contributed by atoms with Crippen LogP contribution in [0, 0.1) is 11.8 Å². The molecule has 1 heterocycles. The predicted molar refractivity (Wildman–Crippen MR) is 111 cm³/mol. The van der Waals surface area contributed by atoms with E-state index in [4.69, 9.17) is 5.73 Å². The molecule has 0 radical (unpaired) electrons. The summed E-state index contributed by atoms with van der Waals surface area (Å²) in [5.41, 5.74) is 11.3. The largest absolute Gasteiger partial charge is 0.394 e. The highest BCUT2D eigenvalue weighted by Crippen LogP contribution is 2.40. The number of rotatable bonds is 6. The van der Waals surface area contributed by atoms with Gasteiger partial charge < -0.3 is 15.4 Å². The van der Waals surface area contributed by atoms with Gasteiger partial charge in [0, 0.05) is 24.5 Å². The summed E-state index contributed by atoms with van der Waals surface area (Å²) in [6.07, 6.45) is 17.1. The average molecular weight is 370 g/mol. The average Bonchev–Trinajstić information content (AvgIpc) is 3.27. The van der Waals surface area contributed by atoms with E-state index in [1.165, 1.54) is 35.3 Å². The van der Waals surface area contributed by atoms with Gasteiger partial charge in [0.2, 0.25) is 0 Å². The molecule has 27 heavy (non-hydrogen) atoms. The zero-order valence-electron chi connectivity index (χ0n) is 17.0. The Morgan fingerprint density at radius 2 is 2.26 bits per heavy atom. The number of nitrogens with two attached hydrogens (primary N) is 1. The number of hydrogen-bond acceptors (Lipinski definition) is 3. The van der Waals surface area contributed by atoms with Gasteiger partial charge >= 0.3 is 0 Å². The Hall–Kier alpha value is -1.65. The first-order valence-corrected chi connectivity index (χ1v) is 10.3. The number of hydrogen-bond donors (Lipinski definition) is 2. The second-order valence-corrected chi connectivity index (χ2v) is 8.66. The van der Waals surface area contributed by atoms with Crippen LogP contribution in [0.25, 0.3) is 0 Å². The summed E-state index contributed by atoms with van der Waals surface area (Å²) >= 11 is 0. The van der Waals surface area contributed by atoms with Gasteiger partial charge in [-0.15, -0.1) is 0 Å². The molecule has 1 unspecified atom stereocenters. The lowest BCUT2D eigenvalue weighted by Gasteiger charge is -2.27. The van der Waals surface area contributed by atoms with Gasteiger partial charge in [0.15, 0.2) is 0 Å². The highest BCUT2D eigenvalue weighted by molar-refractivity contribution is 5.39. The lowest BCUT2D eigenvalue weighted by atomic mass is 9.78. The molecule has 3 rings (SSSR count). The predicted octanol–water partition coefficient (Wildman–Crippen LogP) is 4.07. The quantitative estimate of drug-likeness (QED) is 0.794. The van der Waals surface area contributed by atoms with Crippen LogP contribution in [-0.4, -0.2) is 26.8 Å². The van der Waals surface area contributed by atoms with Gasteiger partial charge in [0.25, 0.3) is 0 Å². The molecular formula is C23H35N3O. The van der Waals surface area contributed by atoms with E-state index >= 15 is 0 Å². The minimum Gasteiger partial charge on any atom is -0.394 e. The molecule has 0 spiro atoms. The minimum absolute atomic E-state index is 0.0752. The topological polar surface area (TPSA) is 64.1 Å². The number of nitrogens with zero attached hydrogens (tertiary/aromatic N) is 2. The van der Waals surface area contributed by atoms with Crippen molar-refractivity contribution in [1.82, 2.24) is 9.55 Å². The second kappa shape index (κ2) is 8.57. The Morgan fingerprint density at radius 3 is 2.89 bits per heavy atom. The number of aliphatic hydroxyl groups excluding tert-OH is 1. The SMILES string of the molecule is C=C(/C=C1/CCC(CCc2cncn2C)C/C1=C/C)[C@H]1CC[C@](N)(CO)C1. The standard InChI is InChI=1S/C23H35N3O/c1-4-19-12-18(6-8-22-14-25-16-26(22)3)5-7-20(19)11-17(2)21-9-10-23(24,13-21)15-27/h4,11,14,16,18,21,27H,2,5-10,12-13,15,24H2,1,3H3/b19-4-,20-11-/t18?,21-,23+/m0/s1. The molecule has 0 aromatic carbocycles. The number of aromatic nitrogens is 2. The highest BCUT2D eigenvalue weighted by atomic mass is 16.3. The normalized spacial score (nSPS) is 31.7. The van der Waals surface area contributed by atoms with Gasteiger partial charge in [-0.25, -0.2) is 4.98 Å². The van der Waals surface area contributed by atoms with Crippen LogP contribution in [-0.2, 0) is 13.5 Å². The maximum atomic E-state index is 9.51. The van der Waals surface area contributed by atoms with Gasteiger partial charge in [-0.2, -0.15) is 0 Å². The van der Waals surface area contributed by atoms with E-state index in [-0.39, 0.29) is 6.61 Å². The first-order valence-electron chi connectivity index (χ1n) is 10.3. The van der Waals surface area contributed by atoms with Gasteiger partial charge in [-0.3, -0.25) is 0 Å². The summed E-state index contributed by atoms with van der Waals surface area (Å²) in [4.78, 5) is 4.22. The zero-order chi connectivity index (χ0) is 19.4. The van der Waals surface area contributed by atoms with Gasteiger partial charge in [-0.05, 0) is 81.3 Å². The van der Waals surface area contributed by atoms with Crippen molar-refractivity contribution in [3.63, 3.8) is 0 Å². The first-order chi connectivity index (χ1) is 12.9. The first kappa shape index (κ1) is 20.1. The maximum absolute atomic E-state index is 9.51. The van der Waals surface area contributed by atoms with Gasteiger partial charge in [0.05, 0.1) is 12.9 Å². The molecule has 1 aromatic heterocycles. The Balaban J connectivity index is 1.57. The summed E-state index contributed by atoms with van der Waals surface area (Å²) < 4.78 is 2.13. The van der Waals surface area contributed by atoms with Crippen molar-refractivity contribution in [2.45, 2.75) is 63.8 Å². The van der Waals surface area contributed by atoms with Crippen molar-refractivity contribution >= 4 is 0 Å². The molecule has 2 aliphatic carbocycles. The van der Waals surface area contributed by atoms with Crippen molar-refractivity contribution < 1.29 is 5.11 Å². The van der Waals surface area contributed by atoms with E-state index in [9.17, 15) is 5.11 Å². The van der Waals surface area contributed by atoms with E-state index in [1.54, 1.807) is 0 Å². The summed E-state index contributed by atoms with van der Waals surface area (Å²) in [7, 11) is 2.07. The summed E-state index contributed by atoms with van der Waals surface area (Å²) in [5.74, 6) is 1.16. The van der Waals surface area contributed by atoms with Crippen LogP contribution in [0.2, 0.25) is 0 Å². The number of imidazole rings is 1. The number of aliphatic hydroxyl groups is 1. The van der Waals surface area contributed by atoms with E-state index in [2.05, 4.69) is 42.3 Å². The fourth-order valence-electron chi connectivity index (χ4n) is 4.71. The third-order valence-corrected chi connectivity index (χ3v) is 6.66. The van der Waals surface area contributed by atoms with Crippen LogP contribution in [0.5, 0.6) is 0 Å². The molecule has 4 heteroatoms. The number of aryl methyl sites for hydroxylation is 2. The Bertz CT molecular complexity index is 730. The molecule has 0 bridgehead atoms. The molecule has 0 aliphatic heterocycles. The van der Waals surface area contributed by atoms with Crippen molar-refractivity contribution in [2.24, 2.45) is 24.6 Å². The zero-order valence-corrected chi connectivity index (χ0v) is 17.0. The summed E-state index contributed by atoms with van der Waals surface area (Å²) in [6.45, 7) is 6.58. The van der Waals surface area contributed by atoms with Crippen molar-refractivity contribution in [1.29, 1.82) is 0 Å². The molecule has 1 aromatic rings. The van der Waals surface area contributed by atoms with Crippen LogP contribution in [0.3, 0.4) is 0 Å². The lowest BCUT2D eigenvalue weighted by molar-refractivity contribution is 0.197. The van der Waals surface area contributed by atoms with Crippen LogP contribution in [0.1, 0.15) is 57.6 Å². The molecule has 3 N–H and O–H groups in total. The third kappa shape index (κ3) is 4.80. The Kier molecular flexibility index (Phi) is 6.38. The fourth-order valence-corrected chi connectivity index (χ4v) is 4.71. The van der Waals surface area contributed by atoms with E-state index in [1.807, 2.05) is 12.5 Å². The van der Waals surface area contributed by atoms with E-state index < -0.39 is 5.54 Å². The Labute approximate surface area is 163 Å². The summed E-state index contributed by atoms with van der Waals surface area (Å²) in [6, 6.07) is 0. The smallest absolute Gasteiger partial charge is 0.0945 e. The van der Waals surface area contributed by atoms with Crippen LogP contribution in [0.15, 0.2) is 48.0 Å².